The van der Waals surface area contributed by atoms with Gasteiger partial charge in [0.15, 0.2) is 0 Å². The maximum Gasteiger partial charge on any atom is 0.267 e. The van der Waals surface area contributed by atoms with Crippen LogP contribution in [0.5, 0.6) is 0 Å². The van der Waals surface area contributed by atoms with Crippen LogP contribution in [-0.2, 0) is 14.8 Å². The van der Waals surface area contributed by atoms with Gasteiger partial charge in [0, 0.05) is 0 Å². The SMILES string of the molecule is NC(=O)C1CN(S(=O)(=O)c2cc(F)ccc2F)c2ccccc21. The van der Waals surface area contributed by atoms with E-state index in [1.54, 1.807) is 18.2 Å². The second-order valence-electron chi connectivity index (χ2n) is 5.12. The van der Waals surface area contributed by atoms with Crippen LogP contribution >= 0.6 is 0 Å². The van der Waals surface area contributed by atoms with Gasteiger partial charge in [0.05, 0.1) is 18.2 Å². The third kappa shape index (κ3) is 2.44. The van der Waals surface area contributed by atoms with Crippen molar-refractivity contribution in [2.75, 3.05) is 10.8 Å². The molecule has 23 heavy (non-hydrogen) atoms. The number of anilines is 1. The van der Waals surface area contributed by atoms with Crippen molar-refractivity contribution in [1.82, 2.24) is 0 Å². The lowest BCUT2D eigenvalue weighted by molar-refractivity contribution is -0.119. The average molecular weight is 338 g/mol. The van der Waals surface area contributed by atoms with Crippen LogP contribution in [0.4, 0.5) is 14.5 Å². The normalized spacial score (nSPS) is 17.1. The van der Waals surface area contributed by atoms with Crippen molar-refractivity contribution < 1.29 is 22.0 Å². The second kappa shape index (κ2) is 5.31. The van der Waals surface area contributed by atoms with E-state index in [2.05, 4.69) is 0 Å². The first kappa shape index (κ1) is 15.4. The Bertz CT molecular complexity index is 899. The van der Waals surface area contributed by atoms with Crippen LogP contribution in [0.25, 0.3) is 0 Å². The van der Waals surface area contributed by atoms with Crippen LogP contribution in [0.3, 0.4) is 0 Å². The molecule has 5 nitrogen and oxygen atoms in total. The Kier molecular flexibility index (Phi) is 3.56. The highest BCUT2D eigenvalue weighted by atomic mass is 32.2. The molecule has 3 rings (SSSR count). The van der Waals surface area contributed by atoms with Crippen LogP contribution in [0, 0.1) is 11.6 Å². The Hall–Kier alpha value is -2.48. The van der Waals surface area contributed by atoms with E-state index >= 15 is 0 Å². The van der Waals surface area contributed by atoms with Gasteiger partial charge in [0.1, 0.15) is 16.5 Å². The lowest BCUT2D eigenvalue weighted by atomic mass is 10.0. The van der Waals surface area contributed by atoms with Crippen molar-refractivity contribution in [2.45, 2.75) is 10.8 Å². The molecule has 2 N–H and O–H groups in total. The number of sulfonamides is 1. The molecule has 0 aliphatic carbocycles. The van der Waals surface area contributed by atoms with E-state index in [-0.39, 0.29) is 12.2 Å². The fourth-order valence-corrected chi connectivity index (χ4v) is 4.22. The number of carbonyl (C=O) groups is 1. The number of nitrogens with two attached hydrogens (primary N) is 1. The van der Waals surface area contributed by atoms with Gasteiger partial charge in [-0.1, -0.05) is 18.2 Å². The third-order valence-corrected chi connectivity index (χ3v) is 5.53. The first-order chi connectivity index (χ1) is 10.8. The van der Waals surface area contributed by atoms with Gasteiger partial charge in [-0.05, 0) is 29.8 Å². The van der Waals surface area contributed by atoms with Crippen LogP contribution in [0.15, 0.2) is 47.4 Å². The molecule has 1 unspecified atom stereocenters. The first-order valence-corrected chi connectivity index (χ1v) is 8.12. The van der Waals surface area contributed by atoms with E-state index in [1.165, 1.54) is 6.07 Å². The molecule has 0 saturated heterocycles. The number of nitrogens with zero attached hydrogens (tertiary/aromatic N) is 1. The van der Waals surface area contributed by atoms with E-state index in [4.69, 9.17) is 5.73 Å². The number of hydrogen-bond acceptors (Lipinski definition) is 3. The van der Waals surface area contributed by atoms with Crippen molar-refractivity contribution in [2.24, 2.45) is 5.73 Å². The molecule has 1 amide bonds. The summed E-state index contributed by atoms with van der Waals surface area (Å²) in [5.41, 5.74) is 6.00. The van der Waals surface area contributed by atoms with Crippen molar-refractivity contribution in [1.29, 1.82) is 0 Å². The summed E-state index contributed by atoms with van der Waals surface area (Å²) < 4.78 is 53.5. The molecule has 2 aromatic carbocycles. The van der Waals surface area contributed by atoms with Crippen LogP contribution in [0.2, 0.25) is 0 Å². The molecule has 1 aliphatic rings. The summed E-state index contributed by atoms with van der Waals surface area (Å²) in [5.74, 6) is -3.46. The third-order valence-electron chi connectivity index (χ3n) is 3.73. The Morgan fingerprint density at radius 1 is 1.17 bits per heavy atom. The van der Waals surface area contributed by atoms with Crippen molar-refractivity contribution >= 4 is 21.6 Å². The molecule has 120 valence electrons. The summed E-state index contributed by atoms with van der Waals surface area (Å²) in [6.07, 6.45) is 0. The number of halogens is 2. The zero-order chi connectivity index (χ0) is 16.8. The fraction of sp³-hybridized carbons (Fsp3) is 0.133. The first-order valence-electron chi connectivity index (χ1n) is 6.68. The number of para-hydroxylation sites is 1. The van der Waals surface area contributed by atoms with Gasteiger partial charge in [0.25, 0.3) is 10.0 Å². The molecule has 1 heterocycles. The zero-order valence-corrected chi connectivity index (χ0v) is 12.6. The number of amides is 1. The van der Waals surface area contributed by atoms with Gasteiger partial charge in [0.2, 0.25) is 5.91 Å². The molecule has 0 spiro atoms. The predicted octanol–water partition coefficient (Wildman–Crippen LogP) is 1.74. The fourth-order valence-electron chi connectivity index (χ4n) is 2.64. The molecule has 2 aromatic rings. The lowest BCUT2D eigenvalue weighted by Crippen LogP contribution is -2.33. The highest BCUT2D eigenvalue weighted by Gasteiger charge is 2.39. The largest absolute Gasteiger partial charge is 0.369 e. The monoisotopic (exact) mass is 338 g/mol. The van der Waals surface area contributed by atoms with Gasteiger partial charge in [-0.2, -0.15) is 0 Å². The van der Waals surface area contributed by atoms with Crippen molar-refractivity contribution in [3.05, 3.63) is 59.7 Å². The molecule has 0 fully saturated rings. The number of rotatable bonds is 3. The number of hydrogen-bond donors (Lipinski definition) is 1. The van der Waals surface area contributed by atoms with E-state index in [9.17, 15) is 22.0 Å². The second-order valence-corrected chi connectivity index (χ2v) is 6.96. The summed E-state index contributed by atoms with van der Waals surface area (Å²) in [5, 5.41) is 0. The smallest absolute Gasteiger partial charge is 0.267 e. The summed E-state index contributed by atoms with van der Waals surface area (Å²) in [6, 6.07) is 8.51. The minimum atomic E-state index is -4.36. The van der Waals surface area contributed by atoms with Gasteiger partial charge < -0.3 is 5.73 Å². The van der Waals surface area contributed by atoms with Gasteiger partial charge in [-0.3, -0.25) is 9.10 Å². The van der Waals surface area contributed by atoms with E-state index in [0.717, 1.165) is 16.4 Å². The van der Waals surface area contributed by atoms with Crippen LogP contribution < -0.4 is 10.0 Å². The standard InChI is InChI=1S/C15H12F2N2O3S/c16-9-5-6-12(17)14(7-9)23(21,22)19-8-11(15(18)20)10-3-1-2-4-13(10)19/h1-7,11H,8H2,(H2,18,20). The van der Waals surface area contributed by atoms with Crippen molar-refractivity contribution in [3.8, 4) is 0 Å². The minimum Gasteiger partial charge on any atom is -0.369 e. The topological polar surface area (TPSA) is 80.5 Å². The lowest BCUT2D eigenvalue weighted by Gasteiger charge is -2.20. The summed E-state index contributed by atoms with van der Waals surface area (Å²) in [4.78, 5) is 10.8. The van der Waals surface area contributed by atoms with Crippen LogP contribution in [-0.4, -0.2) is 20.9 Å². The van der Waals surface area contributed by atoms with E-state index in [1.807, 2.05) is 0 Å². The zero-order valence-electron chi connectivity index (χ0n) is 11.7. The quantitative estimate of drug-likeness (QED) is 0.926. The minimum absolute atomic E-state index is 0.236. The summed E-state index contributed by atoms with van der Waals surface area (Å²) >= 11 is 0. The molecule has 0 aromatic heterocycles. The molecular formula is C15H12F2N2O3S. The highest BCUT2D eigenvalue weighted by molar-refractivity contribution is 7.92. The van der Waals surface area contributed by atoms with Gasteiger partial charge in [-0.15, -0.1) is 0 Å². The number of benzene rings is 2. The number of carbonyl (C=O) groups excluding carboxylic acids is 1. The average Bonchev–Trinajstić information content (AvgIpc) is 2.90. The van der Waals surface area contributed by atoms with Crippen molar-refractivity contribution in [3.63, 3.8) is 0 Å². The predicted molar refractivity (Wildman–Crippen MR) is 79.3 cm³/mol. The maximum absolute atomic E-state index is 13.9. The molecule has 8 heteroatoms. The van der Waals surface area contributed by atoms with Crippen LogP contribution in [0.1, 0.15) is 11.5 Å². The Morgan fingerprint density at radius 3 is 2.57 bits per heavy atom. The Morgan fingerprint density at radius 2 is 1.87 bits per heavy atom. The van der Waals surface area contributed by atoms with E-state index < -0.39 is 38.4 Å². The van der Waals surface area contributed by atoms with Gasteiger partial charge >= 0.3 is 0 Å². The molecule has 1 aliphatic heterocycles. The molecular weight excluding hydrogens is 326 g/mol. The highest BCUT2D eigenvalue weighted by Crippen LogP contribution is 2.39. The molecule has 1 atom stereocenters. The van der Waals surface area contributed by atoms with Gasteiger partial charge in [-0.25, -0.2) is 17.2 Å². The number of fused-ring (bicyclic) bond motifs is 1. The number of primary amides is 1. The summed E-state index contributed by atoms with van der Waals surface area (Å²) in [6.45, 7) is -0.243. The van der Waals surface area contributed by atoms with E-state index in [0.29, 0.717) is 11.6 Å². The Labute approximate surface area is 131 Å². The maximum atomic E-state index is 13.9. The molecule has 0 saturated carbocycles. The Balaban J connectivity index is 2.15. The summed E-state index contributed by atoms with van der Waals surface area (Å²) in [7, 11) is -4.36. The molecule has 0 radical (unpaired) electrons. The molecule has 0 bridgehead atoms.